The van der Waals surface area contributed by atoms with Gasteiger partial charge in [0.05, 0.1) is 18.1 Å². The van der Waals surface area contributed by atoms with Gasteiger partial charge in [0.1, 0.15) is 17.2 Å². The average molecular weight is 694 g/mol. The molecule has 4 aliphatic rings. The number of furan rings is 1. The number of Topliss-reactive ketones (excluding diaryl/α,β-unsaturated/α-hetero) is 1. The maximum absolute atomic E-state index is 14.3. The predicted octanol–water partition coefficient (Wildman–Crippen LogP) is 5.05. The molecule has 1 aromatic carbocycles. The molecule has 0 spiro atoms. The van der Waals surface area contributed by atoms with Crippen LogP contribution >= 0.6 is 11.8 Å². The topological polar surface area (TPSA) is 161 Å². The number of ether oxygens (including phenoxy) is 2. The summed E-state index contributed by atoms with van der Waals surface area (Å²) in [6.45, 7) is 4.82. The van der Waals surface area contributed by atoms with Gasteiger partial charge in [-0.15, -0.1) is 0 Å². The molecule has 0 radical (unpaired) electrons. The first-order valence-corrected chi connectivity index (χ1v) is 17.6. The summed E-state index contributed by atoms with van der Waals surface area (Å²) in [5.41, 5.74) is 0.720. The number of thioether (sulfide) groups is 1. The van der Waals surface area contributed by atoms with E-state index in [0.717, 1.165) is 41.6 Å². The zero-order chi connectivity index (χ0) is 35.1. The number of hydrogen-bond donors (Lipinski definition) is 3. The van der Waals surface area contributed by atoms with Crippen molar-refractivity contribution in [2.75, 3.05) is 12.4 Å². The van der Waals surface area contributed by atoms with Crippen molar-refractivity contribution in [3.8, 4) is 0 Å². The van der Waals surface area contributed by atoms with Crippen LogP contribution in [-0.4, -0.2) is 58.2 Å². The van der Waals surface area contributed by atoms with Crippen molar-refractivity contribution >= 4 is 46.5 Å². The quantitative estimate of drug-likeness (QED) is 0.176. The van der Waals surface area contributed by atoms with E-state index >= 15 is 0 Å². The number of nitrogens with one attached hydrogen (secondary N) is 1. The van der Waals surface area contributed by atoms with Crippen molar-refractivity contribution in [3.05, 3.63) is 77.2 Å². The molecule has 3 fully saturated rings. The summed E-state index contributed by atoms with van der Waals surface area (Å²) in [6, 6.07) is 9.26. The number of allylic oxidation sites excluding steroid dienone is 3. The van der Waals surface area contributed by atoms with Crippen molar-refractivity contribution in [1.82, 2.24) is 0 Å². The highest BCUT2D eigenvalue weighted by Crippen LogP contribution is 2.69. The van der Waals surface area contributed by atoms with Gasteiger partial charge in [0.2, 0.25) is 10.9 Å². The van der Waals surface area contributed by atoms with Gasteiger partial charge in [0.15, 0.2) is 18.0 Å². The number of carbonyl (C=O) groups excluding carboxylic acids is 4. The molecule has 0 aliphatic heterocycles. The molecule has 0 bridgehead atoms. The van der Waals surface area contributed by atoms with E-state index in [9.17, 15) is 28.7 Å². The Morgan fingerprint density at radius 2 is 1.92 bits per heavy atom. The van der Waals surface area contributed by atoms with Crippen molar-refractivity contribution in [1.29, 1.82) is 5.41 Å². The lowest BCUT2D eigenvalue weighted by molar-refractivity contribution is -0.513. The third-order valence-corrected chi connectivity index (χ3v) is 12.6. The first kappa shape index (κ1) is 35.0. The van der Waals surface area contributed by atoms with E-state index < -0.39 is 52.0 Å². The minimum absolute atomic E-state index is 0.00176. The molecule has 0 amide bonds. The summed E-state index contributed by atoms with van der Waals surface area (Å²) in [4.78, 5) is 51.4. The van der Waals surface area contributed by atoms with Gasteiger partial charge in [-0.25, -0.2) is 9.18 Å². The molecular formula is C37H42FN2O8S+. The molecule has 4 aliphatic carbocycles. The summed E-state index contributed by atoms with van der Waals surface area (Å²) >= 11 is 0.745. The number of quaternary nitrogens is 1. The lowest BCUT2D eigenvalue weighted by Crippen LogP contribution is -2.76. The van der Waals surface area contributed by atoms with E-state index in [2.05, 4.69) is 13.0 Å². The minimum Gasteiger partial charge on any atom is -0.458 e. The Labute approximate surface area is 288 Å². The molecule has 12 heteroatoms. The van der Waals surface area contributed by atoms with Crippen LogP contribution in [0.2, 0.25) is 0 Å². The van der Waals surface area contributed by atoms with E-state index in [1.807, 2.05) is 12.2 Å². The normalized spacial score (nSPS) is 31.9. The van der Waals surface area contributed by atoms with Gasteiger partial charge in [0.25, 0.3) is 0 Å². The summed E-state index contributed by atoms with van der Waals surface area (Å²) in [5, 5.41) is 21.9. The Morgan fingerprint density at radius 3 is 2.59 bits per heavy atom. The second-order valence-corrected chi connectivity index (χ2v) is 15.2. The second-order valence-electron chi connectivity index (χ2n) is 14.2. The molecule has 260 valence electrons. The summed E-state index contributed by atoms with van der Waals surface area (Å²) in [7, 11) is 0. The smallest absolute Gasteiger partial charge is 0.375 e. The van der Waals surface area contributed by atoms with E-state index in [1.54, 1.807) is 18.2 Å². The number of ketones is 1. The fraction of sp³-hybridized carbons (Fsp3) is 0.486. The van der Waals surface area contributed by atoms with E-state index in [4.69, 9.17) is 19.3 Å². The number of benzene rings is 1. The van der Waals surface area contributed by atoms with Crippen molar-refractivity contribution in [2.24, 2.45) is 28.6 Å². The molecule has 0 saturated heterocycles. The Morgan fingerprint density at radius 1 is 1.16 bits per heavy atom. The van der Waals surface area contributed by atoms with Crippen LogP contribution in [0.25, 0.3) is 0 Å². The monoisotopic (exact) mass is 693 g/mol. The Hall–Kier alpha value is -3.87. The van der Waals surface area contributed by atoms with Crippen molar-refractivity contribution in [3.63, 3.8) is 0 Å². The number of esters is 2. The molecule has 1 heterocycles. The number of hydrogen-bond acceptors (Lipinski definition) is 10. The van der Waals surface area contributed by atoms with Crippen LogP contribution in [0.15, 0.2) is 70.0 Å². The summed E-state index contributed by atoms with van der Waals surface area (Å²) in [5.74, 6) is -2.72. The van der Waals surface area contributed by atoms with Gasteiger partial charge in [-0.05, 0) is 92.0 Å². The van der Waals surface area contributed by atoms with Crippen LogP contribution in [0.5, 0.6) is 0 Å². The fourth-order valence-electron chi connectivity index (χ4n) is 9.35. The number of fused-ring (bicyclic) bond motifs is 5. The number of aliphatic hydroxyl groups excluding tert-OH is 1. The highest BCUT2D eigenvalue weighted by molar-refractivity contribution is 8.14. The molecule has 49 heavy (non-hydrogen) atoms. The highest BCUT2D eigenvalue weighted by atomic mass is 32.2. The Balaban J connectivity index is 1.29. The third-order valence-electron chi connectivity index (χ3n) is 11.5. The van der Waals surface area contributed by atoms with Gasteiger partial charge >= 0.3 is 11.9 Å². The number of aliphatic hydroxyl groups is 1. The highest BCUT2D eigenvalue weighted by Gasteiger charge is 2.71. The van der Waals surface area contributed by atoms with E-state index in [1.165, 1.54) is 43.2 Å². The van der Waals surface area contributed by atoms with Crippen LogP contribution in [0.4, 0.5) is 10.1 Å². The van der Waals surface area contributed by atoms with Crippen LogP contribution in [0, 0.1) is 39.8 Å². The van der Waals surface area contributed by atoms with Crippen LogP contribution in [0.3, 0.4) is 0 Å². The van der Waals surface area contributed by atoms with Crippen LogP contribution < -0.4 is 5.32 Å². The molecule has 3 saturated carbocycles. The Kier molecular flexibility index (Phi) is 9.60. The van der Waals surface area contributed by atoms with Crippen LogP contribution in [0.1, 0.15) is 69.9 Å². The SMILES string of the molecule is CC(=O)OCC(=O)CSC(=O)[C@@]1(OC(=O)c2ccco2)CCC2[C@@H]3CCC4=CC([NH2+]c5ccc(F)cc5)=C(C=N)C[C@]4(C)C3[C@@H](O)C[C@@]21C. The predicted molar refractivity (Wildman–Crippen MR) is 178 cm³/mol. The van der Waals surface area contributed by atoms with Gasteiger partial charge in [-0.3, -0.25) is 19.7 Å². The molecule has 10 nitrogen and oxygen atoms in total. The molecule has 1 aromatic heterocycles. The third kappa shape index (κ3) is 6.23. The summed E-state index contributed by atoms with van der Waals surface area (Å²) in [6.07, 6.45) is 7.06. The molecule has 2 aromatic rings. The first-order valence-electron chi connectivity index (χ1n) is 16.6. The fourth-order valence-corrected chi connectivity index (χ4v) is 10.3. The van der Waals surface area contributed by atoms with Gasteiger partial charge in [-0.1, -0.05) is 31.2 Å². The lowest BCUT2D eigenvalue weighted by Gasteiger charge is -2.60. The molecule has 7 atom stereocenters. The molecule has 2 unspecified atom stereocenters. The second kappa shape index (κ2) is 13.4. The lowest BCUT2D eigenvalue weighted by atomic mass is 9.45. The largest absolute Gasteiger partial charge is 0.458 e. The van der Waals surface area contributed by atoms with Gasteiger partial charge in [0, 0.05) is 36.3 Å². The minimum atomic E-state index is -1.64. The van der Waals surface area contributed by atoms with Crippen molar-refractivity contribution in [2.45, 2.75) is 71.0 Å². The standard InChI is InChI=1S/C37H41FN2O8S/c1-21(41)47-19-26(42)20-49-34(45)37(48-33(44)31-5-4-14-46-31)13-12-28-27-11-6-23-15-29(40-25-9-7-24(38)8-10-25)22(18-39)16-35(23,2)32(27)30(43)17-36(28,37)3/h4-5,7-10,14-15,18,27-28,30,32,39-40,43H,6,11-13,16-17,19-20H2,1-3H3/p+1/t27-,28?,30-,32?,35-,36-,37-/m0/s1. The average Bonchev–Trinajstić information content (AvgIpc) is 3.70. The van der Waals surface area contributed by atoms with Crippen molar-refractivity contribution < 1.29 is 47.9 Å². The molecular weight excluding hydrogens is 651 g/mol. The summed E-state index contributed by atoms with van der Waals surface area (Å²) < 4.78 is 29.9. The number of nitrogens with two attached hydrogens (primary N) is 1. The first-order chi connectivity index (χ1) is 23.3. The number of rotatable bonds is 10. The van der Waals surface area contributed by atoms with Gasteiger partial charge in [-0.2, -0.15) is 0 Å². The number of halogens is 1. The molecule has 6 rings (SSSR count). The maximum Gasteiger partial charge on any atom is 0.375 e. The zero-order valence-corrected chi connectivity index (χ0v) is 28.6. The van der Waals surface area contributed by atoms with E-state index in [0.29, 0.717) is 12.8 Å². The van der Waals surface area contributed by atoms with Crippen LogP contribution in [-0.2, 0) is 23.9 Å². The van der Waals surface area contributed by atoms with E-state index in [-0.39, 0.29) is 47.9 Å². The van der Waals surface area contributed by atoms with Gasteiger partial charge < -0.3 is 24.4 Å². The zero-order valence-electron chi connectivity index (χ0n) is 27.8. The molecule has 4 N–H and O–H groups in total. The Bertz CT molecular complexity index is 1720. The maximum atomic E-state index is 14.3. The number of carbonyl (C=O) groups is 4.